The second-order valence-electron chi connectivity index (χ2n) is 7.27. The molecular weight excluding hydrogens is 260 g/mol. The fourth-order valence-corrected chi connectivity index (χ4v) is 5.12. The molecule has 2 nitrogen and oxygen atoms in total. The zero-order valence-electron chi connectivity index (χ0n) is 12.9. The summed E-state index contributed by atoms with van der Waals surface area (Å²) in [4.78, 5) is 0. The lowest BCUT2D eigenvalue weighted by atomic mass is 9.55. The highest BCUT2D eigenvalue weighted by Gasteiger charge is 2.52. The topological polar surface area (TPSA) is 29.5 Å². The van der Waals surface area contributed by atoms with Gasteiger partial charge in [-0.2, -0.15) is 0 Å². The van der Waals surface area contributed by atoms with E-state index in [1.54, 1.807) is 7.11 Å². The number of aryl methyl sites for hydroxylation is 1. The Kier molecular flexibility index (Phi) is 2.94. The molecule has 0 radical (unpaired) electrons. The van der Waals surface area contributed by atoms with Crippen LogP contribution >= 0.6 is 0 Å². The van der Waals surface area contributed by atoms with E-state index in [1.165, 1.54) is 24.0 Å². The van der Waals surface area contributed by atoms with E-state index in [-0.39, 0.29) is 11.5 Å². The van der Waals surface area contributed by atoms with Crippen molar-refractivity contribution in [3.63, 3.8) is 0 Å². The van der Waals surface area contributed by atoms with Crippen LogP contribution in [0.4, 0.5) is 0 Å². The Morgan fingerprint density at radius 2 is 2.10 bits per heavy atom. The van der Waals surface area contributed by atoms with Crippen LogP contribution in [-0.2, 0) is 6.42 Å². The van der Waals surface area contributed by atoms with Gasteiger partial charge in [-0.3, -0.25) is 0 Å². The summed E-state index contributed by atoms with van der Waals surface area (Å²) in [5.41, 5.74) is 3.08. The van der Waals surface area contributed by atoms with Gasteiger partial charge in [-0.1, -0.05) is 25.1 Å². The fourth-order valence-electron chi connectivity index (χ4n) is 5.12. The molecule has 1 aromatic carbocycles. The molecule has 0 bridgehead atoms. The van der Waals surface area contributed by atoms with Crippen LogP contribution < -0.4 is 4.74 Å². The van der Waals surface area contributed by atoms with E-state index >= 15 is 0 Å². The number of allylic oxidation sites excluding steroid dienone is 1. The van der Waals surface area contributed by atoms with Crippen LogP contribution in [0.1, 0.15) is 43.2 Å². The van der Waals surface area contributed by atoms with Gasteiger partial charge in [-0.05, 0) is 66.7 Å². The number of fused-ring (bicyclic) bond motifs is 5. The van der Waals surface area contributed by atoms with Crippen LogP contribution in [0.15, 0.2) is 30.4 Å². The molecule has 0 saturated heterocycles. The maximum absolute atomic E-state index is 10.3. The van der Waals surface area contributed by atoms with Crippen molar-refractivity contribution in [2.45, 2.75) is 44.6 Å². The second-order valence-corrected chi connectivity index (χ2v) is 7.27. The SMILES string of the molecule is COc1ccc2c(c1)CCC1C2CC[C@]2(C)C1C=C[C@H]2O. The number of rotatable bonds is 1. The number of ether oxygens (including phenoxy) is 1. The van der Waals surface area contributed by atoms with Crippen molar-refractivity contribution < 1.29 is 9.84 Å². The first kappa shape index (κ1) is 13.4. The van der Waals surface area contributed by atoms with Crippen molar-refractivity contribution >= 4 is 0 Å². The molecular formula is C19H24O2. The molecule has 0 heterocycles. The molecule has 4 rings (SSSR count). The van der Waals surface area contributed by atoms with Crippen LogP contribution in [0.5, 0.6) is 5.75 Å². The van der Waals surface area contributed by atoms with E-state index in [0.717, 1.165) is 18.6 Å². The van der Waals surface area contributed by atoms with E-state index in [9.17, 15) is 5.11 Å². The molecule has 5 atom stereocenters. The highest BCUT2D eigenvalue weighted by molar-refractivity contribution is 5.41. The van der Waals surface area contributed by atoms with Crippen LogP contribution in [0, 0.1) is 17.3 Å². The molecule has 112 valence electrons. The number of benzene rings is 1. The fraction of sp³-hybridized carbons (Fsp3) is 0.579. The van der Waals surface area contributed by atoms with Crippen LogP contribution in [0.3, 0.4) is 0 Å². The van der Waals surface area contributed by atoms with Crippen LogP contribution in [0.25, 0.3) is 0 Å². The zero-order chi connectivity index (χ0) is 14.6. The van der Waals surface area contributed by atoms with Gasteiger partial charge in [0, 0.05) is 5.41 Å². The summed E-state index contributed by atoms with van der Waals surface area (Å²) in [5, 5.41) is 10.3. The standard InChI is InChI=1S/C19H24O2/c1-19-10-9-15-14-6-4-13(21-2)11-12(14)3-5-16(15)17(19)7-8-18(19)20/h4,6-8,11,15-18,20H,3,5,9-10H2,1-2H3/t15?,16?,17?,18-,19-/m1/s1. The van der Waals surface area contributed by atoms with Gasteiger partial charge >= 0.3 is 0 Å². The maximum atomic E-state index is 10.3. The second kappa shape index (κ2) is 4.61. The monoisotopic (exact) mass is 284 g/mol. The Balaban J connectivity index is 1.70. The molecule has 21 heavy (non-hydrogen) atoms. The Bertz CT molecular complexity index is 591. The molecule has 3 aliphatic rings. The minimum absolute atomic E-state index is 0.0745. The quantitative estimate of drug-likeness (QED) is 0.797. The van der Waals surface area contributed by atoms with Crippen molar-refractivity contribution in [3.8, 4) is 5.75 Å². The van der Waals surface area contributed by atoms with Gasteiger partial charge in [0.1, 0.15) is 5.75 Å². The molecule has 0 spiro atoms. The Labute approximate surface area is 126 Å². The number of hydrogen-bond acceptors (Lipinski definition) is 2. The van der Waals surface area contributed by atoms with Crippen molar-refractivity contribution in [2.24, 2.45) is 17.3 Å². The first-order valence-corrected chi connectivity index (χ1v) is 8.16. The average molecular weight is 284 g/mol. The summed E-state index contributed by atoms with van der Waals surface area (Å²) in [5.74, 6) is 2.87. The molecule has 3 unspecified atom stereocenters. The molecule has 2 heteroatoms. The van der Waals surface area contributed by atoms with Gasteiger partial charge in [0.05, 0.1) is 13.2 Å². The summed E-state index contributed by atoms with van der Waals surface area (Å²) >= 11 is 0. The lowest BCUT2D eigenvalue weighted by molar-refractivity contribution is -0.0101. The van der Waals surface area contributed by atoms with Gasteiger partial charge in [-0.15, -0.1) is 0 Å². The van der Waals surface area contributed by atoms with Gasteiger partial charge in [-0.25, -0.2) is 0 Å². The molecule has 3 aliphatic carbocycles. The third-order valence-corrected chi connectivity index (χ3v) is 6.41. The smallest absolute Gasteiger partial charge is 0.119 e. The number of methoxy groups -OCH3 is 1. The predicted octanol–water partition coefficient (Wildman–Crippen LogP) is 3.69. The largest absolute Gasteiger partial charge is 0.497 e. The minimum atomic E-state index is -0.249. The number of aliphatic hydroxyl groups is 1. The third-order valence-electron chi connectivity index (χ3n) is 6.41. The molecule has 1 fully saturated rings. The van der Waals surface area contributed by atoms with Gasteiger partial charge in [0.25, 0.3) is 0 Å². The Hall–Kier alpha value is -1.28. The highest BCUT2D eigenvalue weighted by atomic mass is 16.5. The van der Waals surface area contributed by atoms with E-state index in [2.05, 4.69) is 31.2 Å². The molecule has 0 aliphatic heterocycles. The van der Waals surface area contributed by atoms with E-state index in [1.807, 2.05) is 6.08 Å². The van der Waals surface area contributed by atoms with Crippen LogP contribution in [0.2, 0.25) is 0 Å². The molecule has 1 aromatic rings. The normalized spacial score (nSPS) is 40.3. The van der Waals surface area contributed by atoms with Crippen molar-refractivity contribution in [3.05, 3.63) is 41.5 Å². The zero-order valence-corrected chi connectivity index (χ0v) is 12.9. The predicted molar refractivity (Wildman–Crippen MR) is 83.5 cm³/mol. The molecule has 1 saturated carbocycles. The van der Waals surface area contributed by atoms with E-state index < -0.39 is 0 Å². The summed E-state index contributed by atoms with van der Waals surface area (Å²) < 4.78 is 5.37. The summed E-state index contributed by atoms with van der Waals surface area (Å²) in [7, 11) is 1.74. The third kappa shape index (κ3) is 1.81. The Morgan fingerprint density at radius 1 is 1.24 bits per heavy atom. The summed E-state index contributed by atoms with van der Waals surface area (Å²) in [6, 6.07) is 6.61. The first-order chi connectivity index (χ1) is 10.1. The Morgan fingerprint density at radius 3 is 2.90 bits per heavy atom. The molecule has 1 N–H and O–H groups in total. The lowest BCUT2D eigenvalue weighted by Crippen LogP contribution is -2.44. The van der Waals surface area contributed by atoms with E-state index in [0.29, 0.717) is 17.8 Å². The van der Waals surface area contributed by atoms with Crippen molar-refractivity contribution in [2.75, 3.05) is 7.11 Å². The molecule has 0 aromatic heterocycles. The first-order valence-electron chi connectivity index (χ1n) is 8.16. The highest BCUT2D eigenvalue weighted by Crippen LogP contribution is 2.58. The number of aliphatic hydroxyl groups excluding tert-OH is 1. The lowest BCUT2D eigenvalue weighted by Gasteiger charge is -2.50. The molecule has 0 amide bonds. The van der Waals surface area contributed by atoms with Crippen LogP contribution in [-0.4, -0.2) is 18.3 Å². The minimum Gasteiger partial charge on any atom is -0.497 e. The van der Waals surface area contributed by atoms with Crippen molar-refractivity contribution in [1.82, 2.24) is 0 Å². The summed E-state index contributed by atoms with van der Waals surface area (Å²) in [6.45, 7) is 2.28. The van der Waals surface area contributed by atoms with Gasteiger partial charge in [0.15, 0.2) is 0 Å². The van der Waals surface area contributed by atoms with Gasteiger partial charge < -0.3 is 9.84 Å². The summed E-state index contributed by atoms with van der Waals surface area (Å²) in [6.07, 6.45) is 8.80. The number of hydrogen-bond donors (Lipinski definition) is 1. The van der Waals surface area contributed by atoms with Crippen molar-refractivity contribution in [1.29, 1.82) is 0 Å². The average Bonchev–Trinajstić information content (AvgIpc) is 2.82. The van der Waals surface area contributed by atoms with Gasteiger partial charge in [0.2, 0.25) is 0 Å². The van der Waals surface area contributed by atoms with E-state index in [4.69, 9.17) is 4.74 Å². The maximum Gasteiger partial charge on any atom is 0.119 e.